The summed E-state index contributed by atoms with van der Waals surface area (Å²) in [4.78, 5) is 48.8. The zero-order valence-electron chi connectivity index (χ0n) is 20.9. The highest BCUT2D eigenvalue weighted by Crippen LogP contribution is 2.67. The molecule has 0 radical (unpaired) electrons. The first kappa shape index (κ1) is 27.6. The minimum atomic E-state index is 0.114. The van der Waals surface area contributed by atoms with Gasteiger partial charge in [0.2, 0.25) is 0 Å². The SMILES string of the molecule is CCC[C@@H]1CC[C@@H]2[C@H](CC[C@]3(C)C(n4ccnc4)=C(C=O)C[C@@H]23)[C@@]1(C)CCC.O=C=O.O=C=O. The Hall–Kier alpha value is -2.62. The average molecular weight is 471 g/mol. The molecule has 3 aliphatic carbocycles. The van der Waals surface area contributed by atoms with E-state index in [0.717, 1.165) is 36.0 Å². The molecule has 0 bridgehead atoms. The lowest BCUT2D eigenvalue weighted by Crippen LogP contribution is -2.51. The number of carbonyl (C=O) groups excluding carboxylic acids is 5. The van der Waals surface area contributed by atoms with Gasteiger partial charge in [0.25, 0.3) is 0 Å². The van der Waals surface area contributed by atoms with Crippen molar-refractivity contribution in [1.82, 2.24) is 9.55 Å². The van der Waals surface area contributed by atoms with Crippen LogP contribution in [0, 0.1) is 34.5 Å². The van der Waals surface area contributed by atoms with Crippen molar-refractivity contribution < 1.29 is 24.0 Å². The van der Waals surface area contributed by atoms with Crippen molar-refractivity contribution in [3.8, 4) is 0 Å². The third-order valence-corrected chi connectivity index (χ3v) is 9.07. The van der Waals surface area contributed by atoms with Crippen LogP contribution in [-0.2, 0) is 24.0 Å². The van der Waals surface area contributed by atoms with E-state index in [1.807, 2.05) is 18.7 Å². The summed E-state index contributed by atoms with van der Waals surface area (Å²) in [6.45, 7) is 9.78. The van der Waals surface area contributed by atoms with Gasteiger partial charge in [0, 0.05) is 29.1 Å². The summed E-state index contributed by atoms with van der Waals surface area (Å²) in [7, 11) is 0. The number of rotatable bonds is 6. The molecular formula is C27H38N2O5. The molecule has 0 amide bonds. The fraction of sp³-hybridized carbons (Fsp3) is 0.704. The fourth-order valence-electron chi connectivity index (χ4n) is 7.93. The molecule has 0 saturated heterocycles. The second kappa shape index (κ2) is 12.2. The molecule has 2 fully saturated rings. The maximum absolute atomic E-state index is 12.0. The van der Waals surface area contributed by atoms with E-state index < -0.39 is 0 Å². The molecule has 6 atom stereocenters. The predicted octanol–water partition coefficient (Wildman–Crippen LogP) is 5.20. The second-order valence-electron chi connectivity index (χ2n) is 10.5. The van der Waals surface area contributed by atoms with Crippen molar-refractivity contribution in [3.63, 3.8) is 0 Å². The molecule has 0 N–H and O–H groups in total. The highest BCUT2D eigenvalue weighted by atomic mass is 16.2. The third-order valence-electron chi connectivity index (χ3n) is 9.07. The van der Waals surface area contributed by atoms with E-state index >= 15 is 0 Å². The Balaban J connectivity index is 0.000000618. The van der Waals surface area contributed by atoms with E-state index in [0.29, 0.717) is 11.3 Å². The number of nitrogens with zero attached hydrogens (tertiary/aromatic N) is 2. The first-order chi connectivity index (χ1) is 16.3. The van der Waals surface area contributed by atoms with Crippen LogP contribution in [0.1, 0.15) is 85.5 Å². The minimum absolute atomic E-state index is 0.114. The van der Waals surface area contributed by atoms with Gasteiger partial charge < -0.3 is 4.57 Å². The Kier molecular flexibility index (Phi) is 9.90. The van der Waals surface area contributed by atoms with Crippen LogP contribution >= 0.6 is 0 Å². The molecule has 2 saturated carbocycles. The number of aromatic nitrogens is 2. The van der Waals surface area contributed by atoms with E-state index in [1.165, 1.54) is 57.1 Å². The quantitative estimate of drug-likeness (QED) is 0.530. The predicted molar refractivity (Wildman–Crippen MR) is 125 cm³/mol. The number of hydrogen-bond donors (Lipinski definition) is 0. The van der Waals surface area contributed by atoms with Gasteiger partial charge in [0.1, 0.15) is 6.29 Å². The second-order valence-corrected chi connectivity index (χ2v) is 10.5. The van der Waals surface area contributed by atoms with Gasteiger partial charge in [-0.1, -0.05) is 47.0 Å². The molecule has 0 spiro atoms. The van der Waals surface area contributed by atoms with E-state index in [-0.39, 0.29) is 17.7 Å². The van der Waals surface area contributed by atoms with Crippen molar-refractivity contribution >= 4 is 24.3 Å². The van der Waals surface area contributed by atoms with E-state index in [1.54, 1.807) is 0 Å². The standard InChI is InChI=1S/C25H38N2O.2CO2/c1-5-7-19-8-9-20-21(24(19,3)11-6-2)10-12-25(4)22(20)15-18(16-28)23(25)27-14-13-26-17-27;2*2-1-3/h13-14,16-17,19-22H,5-12,15H2,1-4H3;;/t19-,20-,21+,22+,24+,25+;;/m1../s1. The molecule has 4 rings (SSSR count). The maximum atomic E-state index is 12.0. The number of carbonyl (C=O) groups is 1. The van der Waals surface area contributed by atoms with Crippen molar-refractivity contribution in [2.75, 3.05) is 0 Å². The molecular weight excluding hydrogens is 432 g/mol. The molecule has 1 aromatic heterocycles. The van der Waals surface area contributed by atoms with Crippen molar-refractivity contribution in [2.24, 2.45) is 34.5 Å². The van der Waals surface area contributed by atoms with Gasteiger partial charge in [0.05, 0.1) is 6.33 Å². The number of fused-ring (bicyclic) bond motifs is 3. The monoisotopic (exact) mass is 470 g/mol. The third kappa shape index (κ3) is 5.06. The first-order valence-electron chi connectivity index (χ1n) is 12.5. The Labute approximate surface area is 202 Å². The summed E-state index contributed by atoms with van der Waals surface area (Å²) >= 11 is 0. The summed E-state index contributed by atoms with van der Waals surface area (Å²) < 4.78 is 2.14. The van der Waals surface area contributed by atoms with Gasteiger partial charge in [0.15, 0.2) is 0 Å². The molecule has 7 heteroatoms. The lowest BCUT2D eigenvalue weighted by molar-refractivity contribution is -0.193. The van der Waals surface area contributed by atoms with E-state index in [9.17, 15) is 4.79 Å². The zero-order valence-corrected chi connectivity index (χ0v) is 20.9. The molecule has 186 valence electrons. The van der Waals surface area contributed by atoms with Crippen LogP contribution in [0.4, 0.5) is 0 Å². The van der Waals surface area contributed by atoms with Crippen molar-refractivity contribution in [3.05, 3.63) is 24.3 Å². The zero-order chi connectivity index (χ0) is 25.4. The molecule has 1 aromatic rings. The molecule has 0 unspecified atom stereocenters. The average Bonchev–Trinajstić information content (AvgIpc) is 3.42. The lowest BCUT2D eigenvalue weighted by Gasteiger charge is -2.59. The van der Waals surface area contributed by atoms with Crippen LogP contribution < -0.4 is 0 Å². The largest absolute Gasteiger partial charge is 0.373 e. The number of imidazole rings is 1. The summed E-state index contributed by atoms with van der Waals surface area (Å²) in [6.07, 6.45) is 19.0. The number of allylic oxidation sites excluding steroid dienone is 2. The summed E-state index contributed by atoms with van der Waals surface area (Å²) in [5, 5.41) is 0. The molecule has 34 heavy (non-hydrogen) atoms. The smallest absolute Gasteiger partial charge is 0.309 e. The van der Waals surface area contributed by atoms with Crippen LogP contribution in [0.3, 0.4) is 0 Å². The van der Waals surface area contributed by atoms with Gasteiger partial charge in [-0.15, -0.1) is 0 Å². The number of hydrogen-bond acceptors (Lipinski definition) is 6. The van der Waals surface area contributed by atoms with Crippen LogP contribution in [0.15, 0.2) is 24.3 Å². The normalized spacial score (nSPS) is 33.6. The minimum Gasteiger partial charge on any atom is -0.309 e. The first-order valence-corrected chi connectivity index (χ1v) is 12.5. The van der Waals surface area contributed by atoms with Crippen molar-refractivity contribution in [1.29, 1.82) is 0 Å². The van der Waals surface area contributed by atoms with Crippen molar-refractivity contribution in [2.45, 2.75) is 85.5 Å². The van der Waals surface area contributed by atoms with Crippen LogP contribution in [-0.4, -0.2) is 28.1 Å². The van der Waals surface area contributed by atoms with Gasteiger partial charge in [-0.05, 0) is 67.6 Å². The molecule has 7 nitrogen and oxygen atoms in total. The van der Waals surface area contributed by atoms with E-state index in [2.05, 4.69) is 37.2 Å². The van der Waals surface area contributed by atoms with E-state index in [4.69, 9.17) is 19.2 Å². The summed E-state index contributed by atoms with van der Waals surface area (Å²) in [5.74, 6) is 3.09. The molecule has 0 aliphatic heterocycles. The summed E-state index contributed by atoms with van der Waals surface area (Å²) in [6, 6.07) is 0. The molecule has 1 heterocycles. The van der Waals surface area contributed by atoms with Crippen LogP contribution in [0.5, 0.6) is 0 Å². The van der Waals surface area contributed by atoms with Gasteiger partial charge >= 0.3 is 12.3 Å². The molecule has 0 aromatic carbocycles. The Morgan fingerprint density at radius 1 is 1.06 bits per heavy atom. The summed E-state index contributed by atoms with van der Waals surface area (Å²) in [5.41, 5.74) is 2.87. The van der Waals surface area contributed by atoms with Crippen LogP contribution in [0.25, 0.3) is 5.70 Å². The topological polar surface area (TPSA) is 103 Å². The highest BCUT2D eigenvalue weighted by Gasteiger charge is 2.58. The lowest BCUT2D eigenvalue weighted by atomic mass is 9.46. The Morgan fingerprint density at radius 2 is 1.74 bits per heavy atom. The van der Waals surface area contributed by atoms with Crippen LogP contribution in [0.2, 0.25) is 0 Å². The van der Waals surface area contributed by atoms with Gasteiger partial charge in [-0.2, -0.15) is 19.2 Å². The van der Waals surface area contributed by atoms with Gasteiger partial charge in [-0.25, -0.2) is 4.98 Å². The Morgan fingerprint density at radius 3 is 2.26 bits per heavy atom. The number of aldehydes is 1. The highest BCUT2D eigenvalue weighted by molar-refractivity contribution is 5.86. The van der Waals surface area contributed by atoms with Gasteiger partial charge in [-0.3, -0.25) is 4.79 Å². The fourth-order valence-corrected chi connectivity index (χ4v) is 7.93. The molecule has 3 aliphatic rings. The Bertz CT molecular complexity index is 899. The maximum Gasteiger partial charge on any atom is 0.373 e.